The smallest absolute Gasteiger partial charge is 0.253 e. The SMILES string of the molecule is COc1cc(-c2cnc3[nH]cc(-c4ccc(C(=O)N(C)C)cc4)c3n2)cc2c1CN(CCC1=NCCN1)CC2. The van der Waals surface area contributed by atoms with Crippen LogP contribution in [-0.4, -0.2) is 83.9 Å². The van der Waals surface area contributed by atoms with Crippen LogP contribution < -0.4 is 10.1 Å². The first-order valence-corrected chi connectivity index (χ1v) is 13.4. The monoisotopic (exact) mass is 523 g/mol. The second kappa shape index (κ2) is 10.5. The van der Waals surface area contributed by atoms with E-state index in [2.05, 4.69) is 37.3 Å². The lowest BCUT2D eigenvalue weighted by molar-refractivity contribution is 0.0827. The summed E-state index contributed by atoms with van der Waals surface area (Å²) in [4.78, 5) is 33.8. The van der Waals surface area contributed by atoms with Crippen LogP contribution in [0.3, 0.4) is 0 Å². The molecule has 2 N–H and O–H groups in total. The molecule has 39 heavy (non-hydrogen) atoms. The van der Waals surface area contributed by atoms with E-state index >= 15 is 0 Å². The summed E-state index contributed by atoms with van der Waals surface area (Å²) in [5, 5.41) is 3.37. The van der Waals surface area contributed by atoms with Gasteiger partial charge < -0.3 is 19.9 Å². The van der Waals surface area contributed by atoms with Gasteiger partial charge in [0.25, 0.3) is 5.91 Å². The zero-order valence-electron chi connectivity index (χ0n) is 22.6. The minimum Gasteiger partial charge on any atom is -0.496 e. The fourth-order valence-corrected chi connectivity index (χ4v) is 5.39. The zero-order valence-corrected chi connectivity index (χ0v) is 22.6. The summed E-state index contributed by atoms with van der Waals surface area (Å²) < 4.78 is 5.87. The minimum atomic E-state index is -0.0211. The molecule has 2 aromatic heterocycles. The normalized spacial score (nSPS) is 15.1. The molecule has 4 heterocycles. The third-order valence-electron chi connectivity index (χ3n) is 7.53. The van der Waals surface area contributed by atoms with Crippen LogP contribution in [0.25, 0.3) is 33.5 Å². The number of nitrogens with one attached hydrogen (secondary N) is 2. The Kier molecular flexibility index (Phi) is 6.74. The van der Waals surface area contributed by atoms with E-state index in [4.69, 9.17) is 9.72 Å². The average molecular weight is 524 g/mol. The van der Waals surface area contributed by atoms with Crippen LogP contribution in [0.5, 0.6) is 5.75 Å². The largest absolute Gasteiger partial charge is 0.496 e. The Morgan fingerprint density at radius 3 is 2.74 bits per heavy atom. The van der Waals surface area contributed by atoms with Crippen molar-refractivity contribution in [1.29, 1.82) is 0 Å². The van der Waals surface area contributed by atoms with Crippen molar-refractivity contribution in [2.75, 3.05) is 47.4 Å². The number of carbonyl (C=O) groups excluding carboxylic acids is 1. The predicted molar refractivity (Wildman–Crippen MR) is 153 cm³/mol. The number of hydrogen-bond donors (Lipinski definition) is 2. The Labute approximate surface area is 227 Å². The van der Waals surface area contributed by atoms with Gasteiger partial charge in [-0.05, 0) is 41.8 Å². The van der Waals surface area contributed by atoms with Crippen molar-refractivity contribution < 1.29 is 9.53 Å². The molecule has 0 fully saturated rings. The van der Waals surface area contributed by atoms with E-state index in [-0.39, 0.29) is 5.91 Å². The molecule has 0 spiro atoms. The summed E-state index contributed by atoms with van der Waals surface area (Å²) >= 11 is 0. The Hall–Kier alpha value is -4.24. The van der Waals surface area contributed by atoms with Crippen molar-refractivity contribution in [1.82, 2.24) is 30.1 Å². The summed E-state index contributed by atoms with van der Waals surface area (Å²) in [7, 11) is 5.24. The first kappa shape index (κ1) is 25.1. The second-order valence-electron chi connectivity index (χ2n) is 10.3. The van der Waals surface area contributed by atoms with Crippen molar-refractivity contribution in [2.45, 2.75) is 19.4 Å². The van der Waals surface area contributed by atoms with Crippen LogP contribution in [-0.2, 0) is 13.0 Å². The maximum atomic E-state index is 12.3. The molecular formula is C30H33N7O2. The third-order valence-corrected chi connectivity index (χ3v) is 7.53. The maximum Gasteiger partial charge on any atom is 0.253 e. The molecule has 9 heteroatoms. The average Bonchev–Trinajstić information content (AvgIpc) is 3.65. The third kappa shape index (κ3) is 4.97. The fraction of sp³-hybridized carbons (Fsp3) is 0.333. The maximum absolute atomic E-state index is 12.3. The number of aliphatic imine (C=N–C) groups is 1. The van der Waals surface area contributed by atoms with Crippen molar-refractivity contribution in [2.24, 2.45) is 4.99 Å². The van der Waals surface area contributed by atoms with Crippen LogP contribution in [0.2, 0.25) is 0 Å². The van der Waals surface area contributed by atoms with Gasteiger partial charge in [0.05, 0.1) is 31.4 Å². The number of carbonyl (C=O) groups is 1. The van der Waals surface area contributed by atoms with Gasteiger partial charge in [-0.25, -0.2) is 9.97 Å². The minimum absolute atomic E-state index is 0.0211. The van der Waals surface area contributed by atoms with E-state index in [1.165, 1.54) is 11.1 Å². The number of rotatable bonds is 7. The molecule has 0 bridgehead atoms. The van der Waals surface area contributed by atoms with Crippen LogP contribution >= 0.6 is 0 Å². The van der Waals surface area contributed by atoms with Crippen LogP contribution in [0, 0.1) is 0 Å². The number of amides is 1. The number of nitrogens with zero attached hydrogens (tertiary/aromatic N) is 5. The Bertz CT molecular complexity index is 1540. The molecular weight excluding hydrogens is 490 g/mol. The highest BCUT2D eigenvalue weighted by Gasteiger charge is 2.22. The molecule has 0 radical (unpaired) electrons. The molecule has 2 aromatic carbocycles. The van der Waals surface area contributed by atoms with Gasteiger partial charge in [0.1, 0.15) is 11.3 Å². The van der Waals surface area contributed by atoms with Gasteiger partial charge in [0, 0.05) is 75.1 Å². The molecule has 2 aliphatic heterocycles. The highest BCUT2D eigenvalue weighted by atomic mass is 16.5. The number of amidine groups is 1. The first-order chi connectivity index (χ1) is 19.0. The number of H-pyrrole nitrogens is 1. The van der Waals surface area contributed by atoms with E-state index < -0.39 is 0 Å². The lowest BCUT2D eigenvalue weighted by atomic mass is 9.95. The number of aromatic nitrogens is 3. The predicted octanol–water partition coefficient (Wildman–Crippen LogP) is 3.75. The van der Waals surface area contributed by atoms with E-state index in [0.717, 1.165) is 90.7 Å². The van der Waals surface area contributed by atoms with Crippen molar-refractivity contribution in [3.63, 3.8) is 0 Å². The number of methoxy groups -OCH3 is 1. The summed E-state index contributed by atoms with van der Waals surface area (Å²) in [5.74, 6) is 1.99. The Morgan fingerprint density at radius 2 is 2.00 bits per heavy atom. The Morgan fingerprint density at radius 1 is 1.15 bits per heavy atom. The van der Waals surface area contributed by atoms with Gasteiger partial charge >= 0.3 is 0 Å². The summed E-state index contributed by atoms with van der Waals surface area (Å²) in [5.41, 5.74) is 8.45. The summed E-state index contributed by atoms with van der Waals surface area (Å²) in [6.07, 6.45) is 5.65. The second-order valence-corrected chi connectivity index (χ2v) is 10.3. The number of ether oxygens (including phenoxy) is 1. The van der Waals surface area contributed by atoms with E-state index in [0.29, 0.717) is 5.56 Å². The zero-order chi connectivity index (χ0) is 26.9. The molecule has 2 aliphatic rings. The summed E-state index contributed by atoms with van der Waals surface area (Å²) in [6, 6.07) is 11.9. The van der Waals surface area contributed by atoms with Crippen molar-refractivity contribution >= 4 is 22.9 Å². The van der Waals surface area contributed by atoms with Gasteiger partial charge in [0.15, 0.2) is 5.65 Å². The molecule has 4 aromatic rings. The fourth-order valence-electron chi connectivity index (χ4n) is 5.39. The standard InChI is InChI=1S/C30H33N7O2/c1-36(2)30(38)20-6-4-19(5-7-20)23-16-33-29-28(23)35-25(17-34-29)22-14-21-8-12-37(13-9-27-31-10-11-32-27)18-24(21)26(15-22)39-3/h4-7,14-17H,8-13,18H2,1-3H3,(H,31,32)(H,33,34). The van der Waals surface area contributed by atoms with Gasteiger partial charge in [-0.1, -0.05) is 12.1 Å². The van der Waals surface area contributed by atoms with E-state index in [1.54, 1.807) is 26.1 Å². The van der Waals surface area contributed by atoms with Crippen LogP contribution in [0.1, 0.15) is 27.9 Å². The topological polar surface area (TPSA) is 98.7 Å². The lowest BCUT2D eigenvalue weighted by Crippen LogP contribution is -2.34. The molecule has 9 nitrogen and oxygen atoms in total. The lowest BCUT2D eigenvalue weighted by Gasteiger charge is -2.30. The number of aromatic amines is 1. The molecule has 0 saturated heterocycles. The molecule has 0 saturated carbocycles. The summed E-state index contributed by atoms with van der Waals surface area (Å²) in [6.45, 7) is 4.70. The van der Waals surface area contributed by atoms with Gasteiger partial charge in [-0.15, -0.1) is 0 Å². The Balaban J connectivity index is 1.27. The molecule has 200 valence electrons. The number of benzene rings is 2. The molecule has 0 atom stereocenters. The number of hydrogen-bond acceptors (Lipinski definition) is 7. The van der Waals surface area contributed by atoms with Crippen molar-refractivity contribution in [3.05, 3.63) is 65.5 Å². The van der Waals surface area contributed by atoms with Gasteiger partial charge in [-0.3, -0.25) is 14.7 Å². The highest BCUT2D eigenvalue weighted by molar-refractivity contribution is 5.96. The highest BCUT2D eigenvalue weighted by Crippen LogP contribution is 2.35. The van der Waals surface area contributed by atoms with Crippen molar-refractivity contribution in [3.8, 4) is 28.1 Å². The van der Waals surface area contributed by atoms with E-state index in [1.807, 2.05) is 36.7 Å². The quantitative estimate of drug-likeness (QED) is 0.383. The molecule has 1 amide bonds. The molecule has 6 rings (SSSR count). The first-order valence-electron chi connectivity index (χ1n) is 13.4. The molecule has 0 unspecified atom stereocenters. The van der Waals surface area contributed by atoms with Crippen LogP contribution in [0.4, 0.5) is 0 Å². The molecule has 0 aliphatic carbocycles. The van der Waals surface area contributed by atoms with Crippen LogP contribution in [0.15, 0.2) is 53.8 Å². The van der Waals surface area contributed by atoms with E-state index in [9.17, 15) is 4.79 Å². The number of fused-ring (bicyclic) bond motifs is 2. The van der Waals surface area contributed by atoms with Gasteiger partial charge in [-0.2, -0.15) is 0 Å². The van der Waals surface area contributed by atoms with Gasteiger partial charge in [0.2, 0.25) is 0 Å².